The van der Waals surface area contributed by atoms with Crippen molar-refractivity contribution in [1.82, 2.24) is 14.9 Å². The summed E-state index contributed by atoms with van der Waals surface area (Å²) in [7, 11) is 3.18. The molecule has 3 heterocycles. The minimum absolute atomic E-state index is 0.0325. The number of methoxy groups -OCH3 is 1. The zero-order valence-electron chi connectivity index (χ0n) is 15.4. The maximum Gasteiger partial charge on any atom is 0.305 e. The van der Waals surface area contributed by atoms with Crippen molar-refractivity contribution < 1.29 is 19.1 Å². The third kappa shape index (κ3) is 3.57. The first-order valence-electron chi connectivity index (χ1n) is 8.72. The predicted molar refractivity (Wildman–Crippen MR) is 94.6 cm³/mol. The largest absolute Gasteiger partial charge is 0.469 e. The van der Waals surface area contributed by atoms with E-state index in [1.807, 2.05) is 14.0 Å². The second kappa shape index (κ2) is 7.45. The molecular weight excluding hydrogens is 338 g/mol. The number of esters is 1. The lowest BCUT2D eigenvalue weighted by molar-refractivity contribution is -0.140. The number of aromatic nitrogens is 2. The Kier molecular flexibility index (Phi) is 5.26. The Hall–Kier alpha value is -2.42. The van der Waals surface area contributed by atoms with Crippen LogP contribution in [0.15, 0.2) is 0 Å². The first-order valence-corrected chi connectivity index (χ1v) is 8.72. The smallest absolute Gasteiger partial charge is 0.305 e. The number of rotatable bonds is 4. The molecule has 9 nitrogen and oxygen atoms in total. The Balaban J connectivity index is 1.87. The first kappa shape index (κ1) is 18.4. The second-order valence-electron chi connectivity index (χ2n) is 6.68. The molecule has 2 atom stereocenters. The van der Waals surface area contributed by atoms with E-state index in [1.165, 1.54) is 7.11 Å². The molecular formula is C17H25N5O4. The van der Waals surface area contributed by atoms with E-state index in [1.54, 1.807) is 4.90 Å². The maximum atomic E-state index is 12.1. The fourth-order valence-electron chi connectivity index (χ4n) is 3.61. The Morgan fingerprint density at radius 1 is 1.38 bits per heavy atom. The van der Waals surface area contributed by atoms with Crippen molar-refractivity contribution in [2.75, 3.05) is 44.5 Å². The molecule has 2 saturated heterocycles. The van der Waals surface area contributed by atoms with Gasteiger partial charge in [0, 0.05) is 37.8 Å². The molecule has 2 fully saturated rings. The fourth-order valence-corrected chi connectivity index (χ4v) is 3.61. The van der Waals surface area contributed by atoms with Crippen LogP contribution < -0.4 is 10.6 Å². The van der Waals surface area contributed by atoms with Gasteiger partial charge in [0.15, 0.2) is 0 Å². The highest BCUT2D eigenvalue weighted by molar-refractivity contribution is 5.77. The number of carbonyl (C=O) groups excluding carboxylic acids is 2. The Morgan fingerprint density at radius 3 is 2.88 bits per heavy atom. The van der Waals surface area contributed by atoms with Crippen LogP contribution in [0, 0.1) is 6.92 Å². The number of amides is 1. The molecule has 1 aromatic heterocycles. The summed E-state index contributed by atoms with van der Waals surface area (Å²) in [5.74, 6) is 0.698. The molecule has 1 aromatic rings. The minimum Gasteiger partial charge on any atom is -0.469 e. The van der Waals surface area contributed by atoms with Gasteiger partial charge < -0.3 is 25.0 Å². The summed E-state index contributed by atoms with van der Waals surface area (Å²) in [6.45, 7) is 3.50. The van der Waals surface area contributed by atoms with Gasteiger partial charge in [0.25, 0.3) is 0 Å². The van der Waals surface area contributed by atoms with Gasteiger partial charge in [-0.05, 0) is 13.3 Å². The van der Waals surface area contributed by atoms with Crippen LogP contribution in [-0.4, -0.2) is 72.7 Å². The number of carbonyl (C=O) groups is 2. The van der Waals surface area contributed by atoms with E-state index < -0.39 is 0 Å². The third-order valence-corrected chi connectivity index (χ3v) is 5.09. The summed E-state index contributed by atoms with van der Waals surface area (Å²) in [5.41, 5.74) is 7.48. The molecule has 0 saturated carbocycles. The number of likely N-dealkylation sites (N-methyl/N-ethyl adjacent to an activating group) is 1. The molecule has 0 spiro atoms. The van der Waals surface area contributed by atoms with Crippen molar-refractivity contribution in [2.24, 2.45) is 0 Å². The summed E-state index contributed by atoms with van der Waals surface area (Å²) in [6, 6.07) is -0.0325. The van der Waals surface area contributed by atoms with Gasteiger partial charge in [0.05, 0.1) is 32.3 Å². The highest BCUT2D eigenvalue weighted by atomic mass is 16.5. The van der Waals surface area contributed by atoms with Crippen LogP contribution >= 0.6 is 0 Å². The van der Waals surface area contributed by atoms with Crippen LogP contribution in [0.4, 0.5) is 11.8 Å². The van der Waals surface area contributed by atoms with Crippen LogP contribution in [0.1, 0.15) is 24.1 Å². The zero-order chi connectivity index (χ0) is 18.8. The van der Waals surface area contributed by atoms with Gasteiger partial charge in [-0.15, -0.1) is 0 Å². The first-order chi connectivity index (χ1) is 12.4. The van der Waals surface area contributed by atoms with Crippen LogP contribution in [0.2, 0.25) is 0 Å². The van der Waals surface area contributed by atoms with Gasteiger partial charge in [0.1, 0.15) is 5.82 Å². The number of nitrogens with zero attached hydrogens (tertiary/aromatic N) is 4. The van der Waals surface area contributed by atoms with Gasteiger partial charge in [-0.3, -0.25) is 9.59 Å². The molecule has 1 amide bonds. The standard InChI is InChI=1S/C17H25N5O4/c1-10-11(4-5-15(24)25-3)16(20-17(18)19-10)22-8-12-13(9-22)26-7-6-14(23)21(12)2/h12-13H,4-9H2,1-3H3,(H2,18,19,20)/t12-,13-/m0/s1. The number of nitrogens with two attached hydrogens (primary N) is 1. The van der Waals surface area contributed by atoms with E-state index in [-0.39, 0.29) is 36.4 Å². The number of aryl methyl sites for hydroxylation is 1. The van der Waals surface area contributed by atoms with Crippen molar-refractivity contribution in [1.29, 1.82) is 0 Å². The maximum absolute atomic E-state index is 12.1. The lowest BCUT2D eigenvalue weighted by Crippen LogP contribution is -2.42. The van der Waals surface area contributed by atoms with Crippen LogP contribution in [0.5, 0.6) is 0 Å². The van der Waals surface area contributed by atoms with Crippen molar-refractivity contribution >= 4 is 23.6 Å². The number of hydrogen-bond donors (Lipinski definition) is 1. The third-order valence-electron chi connectivity index (χ3n) is 5.09. The molecule has 3 rings (SSSR count). The highest BCUT2D eigenvalue weighted by Crippen LogP contribution is 2.30. The van der Waals surface area contributed by atoms with E-state index in [9.17, 15) is 9.59 Å². The molecule has 0 unspecified atom stereocenters. The van der Waals surface area contributed by atoms with E-state index in [2.05, 4.69) is 14.9 Å². The van der Waals surface area contributed by atoms with E-state index in [0.717, 1.165) is 11.3 Å². The predicted octanol–water partition coefficient (Wildman–Crippen LogP) is -0.0913. The van der Waals surface area contributed by atoms with Gasteiger partial charge in [-0.25, -0.2) is 4.98 Å². The second-order valence-corrected chi connectivity index (χ2v) is 6.68. The summed E-state index contributed by atoms with van der Waals surface area (Å²) in [6.07, 6.45) is 1.05. The van der Waals surface area contributed by atoms with Gasteiger partial charge in [0.2, 0.25) is 11.9 Å². The molecule has 142 valence electrons. The number of nitrogen functional groups attached to an aromatic ring is 1. The SMILES string of the molecule is COC(=O)CCc1c(C)nc(N)nc1N1C[C@@H]2OCCC(=O)N(C)[C@H]2C1. The molecule has 2 aliphatic heterocycles. The fraction of sp³-hybridized carbons (Fsp3) is 0.647. The van der Waals surface area contributed by atoms with Crippen LogP contribution in [-0.2, 0) is 25.5 Å². The number of ether oxygens (including phenoxy) is 2. The number of hydrogen-bond acceptors (Lipinski definition) is 8. The topological polar surface area (TPSA) is 111 Å². The van der Waals surface area contributed by atoms with Gasteiger partial charge in [-0.1, -0.05) is 0 Å². The molecule has 2 aliphatic rings. The average Bonchev–Trinajstić information content (AvgIpc) is 2.98. The summed E-state index contributed by atoms with van der Waals surface area (Å²) in [4.78, 5) is 36.2. The Labute approximate surface area is 152 Å². The van der Waals surface area contributed by atoms with Crippen molar-refractivity contribution in [3.63, 3.8) is 0 Å². The molecule has 0 aliphatic carbocycles. The lowest BCUT2D eigenvalue weighted by atomic mass is 10.1. The molecule has 0 bridgehead atoms. The quantitative estimate of drug-likeness (QED) is 0.739. The zero-order valence-corrected chi connectivity index (χ0v) is 15.4. The Bertz CT molecular complexity index is 711. The summed E-state index contributed by atoms with van der Waals surface area (Å²) < 4.78 is 10.6. The van der Waals surface area contributed by atoms with E-state index in [0.29, 0.717) is 38.4 Å². The molecule has 2 N–H and O–H groups in total. The Morgan fingerprint density at radius 2 is 2.15 bits per heavy atom. The van der Waals surface area contributed by atoms with Crippen molar-refractivity contribution in [3.8, 4) is 0 Å². The molecule has 9 heteroatoms. The van der Waals surface area contributed by atoms with Gasteiger partial charge >= 0.3 is 5.97 Å². The molecule has 26 heavy (non-hydrogen) atoms. The lowest BCUT2D eigenvalue weighted by Gasteiger charge is -2.25. The van der Waals surface area contributed by atoms with Gasteiger partial charge in [-0.2, -0.15) is 4.98 Å². The molecule has 0 aromatic carbocycles. The summed E-state index contributed by atoms with van der Waals surface area (Å²) in [5, 5.41) is 0. The highest BCUT2D eigenvalue weighted by Gasteiger charge is 2.41. The van der Waals surface area contributed by atoms with Crippen LogP contribution in [0.3, 0.4) is 0 Å². The summed E-state index contributed by atoms with van der Waals surface area (Å²) >= 11 is 0. The minimum atomic E-state index is -0.285. The average molecular weight is 363 g/mol. The monoisotopic (exact) mass is 363 g/mol. The van der Waals surface area contributed by atoms with Crippen molar-refractivity contribution in [2.45, 2.75) is 38.3 Å². The van der Waals surface area contributed by atoms with Crippen LogP contribution in [0.25, 0.3) is 0 Å². The molecule has 0 radical (unpaired) electrons. The van der Waals surface area contributed by atoms with E-state index >= 15 is 0 Å². The number of anilines is 2. The van der Waals surface area contributed by atoms with Crippen molar-refractivity contribution in [3.05, 3.63) is 11.3 Å². The van der Waals surface area contributed by atoms with E-state index in [4.69, 9.17) is 15.2 Å². The number of fused-ring (bicyclic) bond motifs is 1. The normalized spacial score (nSPS) is 23.0.